The van der Waals surface area contributed by atoms with Crippen molar-refractivity contribution in [3.8, 4) is 5.75 Å². The van der Waals surface area contributed by atoms with E-state index in [1.807, 2.05) is 5.32 Å². The molecule has 0 radical (unpaired) electrons. The van der Waals surface area contributed by atoms with Crippen LogP contribution in [-0.4, -0.2) is 62.6 Å². The molecule has 3 rings (SSSR count). The molecule has 0 bridgehead atoms. The minimum Gasteiger partial charge on any atom is -0.476 e. The highest BCUT2D eigenvalue weighted by Crippen LogP contribution is 2.33. The van der Waals surface area contributed by atoms with E-state index in [1.54, 1.807) is 0 Å². The van der Waals surface area contributed by atoms with Gasteiger partial charge in [0.1, 0.15) is 11.9 Å². The molecule has 0 aromatic heterocycles. The van der Waals surface area contributed by atoms with Crippen LogP contribution in [0.25, 0.3) is 0 Å². The van der Waals surface area contributed by atoms with Gasteiger partial charge in [-0.3, -0.25) is 9.59 Å². The Morgan fingerprint density at radius 1 is 1.10 bits per heavy atom. The third-order valence-electron chi connectivity index (χ3n) is 7.64. The maximum absolute atomic E-state index is 14.8. The van der Waals surface area contributed by atoms with Crippen LogP contribution in [0, 0.1) is 23.5 Å². The first-order valence-corrected chi connectivity index (χ1v) is 13.5. The minimum absolute atomic E-state index is 0.280. The van der Waals surface area contributed by atoms with Crippen LogP contribution >= 0.6 is 0 Å². The standard InChI is InChI=1S/C27H37F4N3O5/c1-15(27(37)38-2)39-22-9-8-19(28)18(24(22)31)10-11-32-25(35)21(13-23(29)30)34-26(36)20-12-17(14-33-20)16-6-4-3-5-7-16/h8-9,15-17,20-21,23,33H,3-7,10-14H2,1-2H3,(H,32,35)(H,34,36)/p+1/t15?,17-,20?,21+/m1/s1. The van der Waals surface area contributed by atoms with Gasteiger partial charge in [0.25, 0.3) is 5.91 Å². The van der Waals surface area contributed by atoms with Crippen molar-refractivity contribution >= 4 is 17.8 Å². The molecule has 1 saturated carbocycles. The number of benzene rings is 1. The lowest BCUT2D eigenvalue weighted by atomic mass is 9.79. The average molecular weight is 561 g/mol. The van der Waals surface area contributed by atoms with Crippen molar-refractivity contribution in [3.63, 3.8) is 0 Å². The van der Waals surface area contributed by atoms with Crippen molar-refractivity contribution < 1.29 is 46.7 Å². The van der Waals surface area contributed by atoms with Crippen LogP contribution < -0.4 is 20.7 Å². The predicted octanol–water partition coefficient (Wildman–Crippen LogP) is 2.24. The van der Waals surface area contributed by atoms with Crippen LogP contribution in [0.15, 0.2) is 12.1 Å². The van der Waals surface area contributed by atoms with Gasteiger partial charge in [0.15, 0.2) is 23.7 Å². The smallest absolute Gasteiger partial charge is 0.346 e. The van der Waals surface area contributed by atoms with Gasteiger partial charge in [-0.15, -0.1) is 0 Å². The zero-order valence-corrected chi connectivity index (χ0v) is 22.3. The number of nitrogens with two attached hydrogens (primary N) is 1. The van der Waals surface area contributed by atoms with E-state index in [1.165, 1.54) is 26.2 Å². The van der Waals surface area contributed by atoms with Crippen molar-refractivity contribution in [1.29, 1.82) is 0 Å². The quantitative estimate of drug-likeness (QED) is 0.268. The Morgan fingerprint density at radius 3 is 2.49 bits per heavy atom. The summed E-state index contributed by atoms with van der Waals surface area (Å²) in [4.78, 5) is 37.1. The molecule has 2 fully saturated rings. The van der Waals surface area contributed by atoms with Crippen LogP contribution in [0.3, 0.4) is 0 Å². The second-order valence-electron chi connectivity index (χ2n) is 10.3. The number of hydrogen-bond acceptors (Lipinski definition) is 5. The number of halogens is 4. The molecule has 0 spiro atoms. The monoisotopic (exact) mass is 560 g/mol. The van der Waals surface area contributed by atoms with Gasteiger partial charge in [0.05, 0.1) is 13.7 Å². The third kappa shape index (κ3) is 8.55. The second-order valence-corrected chi connectivity index (χ2v) is 10.3. The molecule has 1 heterocycles. The summed E-state index contributed by atoms with van der Waals surface area (Å²) in [6, 6.07) is 0.0604. The Balaban J connectivity index is 1.56. The number of carbonyl (C=O) groups is 3. The molecule has 218 valence electrons. The number of amides is 2. The summed E-state index contributed by atoms with van der Waals surface area (Å²) in [6.07, 6.45) is 1.35. The largest absolute Gasteiger partial charge is 0.476 e. The van der Waals surface area contributed by atoms with Crippen molar-refractivity contribution in [1.82, 2.24) is 10.6 Å². The highest BCUT2D eigenvalue weighted by atomic mass is 19.3. The van der Waals surface area contributed by atoms with Crippen LogP contribution in [0.5, 0.6) is 5.75 Å². The summed E-state index contributed by atoms with van der Waals surface area (Å²) >= 11 is 0. The average Bonchev–Trinajstić information content (AvgIpc) is 3.42. The molecular formula is C27H38F4N3O5+. The fourth-order valence-electron chi connectivity index (χ4n) is 5.49. The van der Waals surface area contributed by atoms with Gasteiger partial charge in [-0.05, 0) is 44.2 Å². The SMILES string of the molecule is COC(=O)C(C)Oc1ccc(F)c(CCNC(=O)[C@H](CC(F)F)NC(=O)C2C[C@@H](C3CCCCC3)C[NH2+]2)c1F. The Hall–Kier alpha value is -2.89. The number of alkyl halides is 2. The normalized spacial score (nSPS) is 21.3. The number of nitrogens with one attached hydrogen (secondary N) is 2. The lowest BCUT2D eigenvalue weighted by Gasteiger charge is -2.25. The molecule has 4 N–H and O–H groups in total. The topological polar surface area (TPSA) is 110 Å². The summed E-state index contributed by atoms with van der Waals surface area (Å²) in [5.41, 5.74) is -0.409. The Labute approximate surface area is 225 Å². The molecule has 1 aromatic rings. The maximum atomic E-state index is 14.8. The van der Waals surface area contributed by atoms with E-state index in [-0.39, 0.29) is 18.7 Å². The first-order valence-electron chi connectivity index (χ1n) is 13.5. The van der Waals surface area contributed by atoms with E-state index in [9.17, 15) is 31.9 Å². The third-order valence-corrected chi connectivity index (χ3v) is 7.64. The number of methoxy groups -OCH3 is 1. The lowest BCUT2D eigenvalue weighted by molar-refractivity contribution is -0.660. The fourth-order valence-corrected chi connectivity index (χ4v) is 5.49. The van der Waals surface area contributed by atoms with Gasteiger partial charge in [0.2, 0.25) is 12.3 Å². The Kier molecular flexibility index (Phi) is 11.4. The van der Waals surface area contributed by atoms with E-state index in [2.05, 4.69) is 15.4 Å². The number of carbonyl (C=O) groups excluding carboxylic acids is 3. The van der Waals surface area contributed by atoms with Crippen LogP contribution in [-0.2, 0) is 25.5 Å². The number of esters is 1. The Bertz CT molecular complexity index is 1010. The van der Waals surface area contributed by atoms with Gasteiger partial charge < -0.3 is 25.4 Å². The molecule has 4 atom stereocenters. The first kappa shape index (κ1) is 30.6. The second kappa shape index (κ2) is 14.5. The first-order chi connectivity index (χ1) is 18.6. The molecule has 1 saturated heterocycles. The number of ether oxygens (including phenoxy) is 2. The summed E-state index contributed by atoms with van der Waals surface area (Å²) in [7, 11) is 1.14. The van der Waals surface area contributed by atoms with E-state index < -0.39 is 66.0 Å². The Morgan fingerprint density at radius 2 is 1.82 bits per heavy atom. The molecule has 8 nitrogen and oxygen atoms in total. The molecule has 2 unspecified atom stereocenters. The maximum Gasteiger partial charge on any atom is 0.346 e. The number of rotatable bonds is 12. The van der Waals surface area contributed by atoms with Crippen molar-refractivity contribution in [3.05, 3.63) is 29.3 Å². The molecule has 12 heteroatoms. The zero-order chi connectivity index (χ0) is 28.5. The molecule has 39 heavy (non-hydrogen) atoms. The summed E-state index contributed by atoms with van der Waals surface area (Å²) < 4.78 is 65.3. The van der Waals surface area contributed by atoms with E-state index in [4.69, 9.17) is 4.74 Å². The minimum atomic E-state index is -2.84. The van der Waals surface area contributed by atoms with Crippen LogP contribution in [0.2, 0.25) is 0 Å². The zero-order valence-electron chi connectivity index (χ0n) is 22.3. The van der Waals surface area contributed by atoms with E-state index in [0.717, 1.165) is 38.6 Å². The highest BCUT2D eigenvalue weighted by molar-refractivity contribution is 5.89. The predicted molar refractivity (Wildman–Crippen MR) is 133 cm³/mol. The van der Waals surface area contributed by atoms with E-state index >= 15 is 0 Å². The van der Waals surface area contributed by atoms with Crippen molar-refractivity contribution in [2.75, 3.05) is 20.2 Å². The van der Waals surface area contributed by atoms with Gasteiger partial charge in [-0.2, -0.15) is 0 Å². The summed E-state index contributed by atoms with van der Waals surface area (Å²) in [6.45, 7) is 1.86. The van der Waals surface area contributed by atoms with Crippen LogP contribution in [0.4, 0.5) is 17.6 Å². The highest BCUT2D eigenvalue weighted by Gasteiger charge is 2.39. The molecule has 1 aliphatic heterocycles. The molecule has 1 aliphatic carbocycles. The molecule has 2 amide bonds. The summed E-state index contributed by atoms with van der Waals surface area (Å²) in [5.74, 6) is -3.45. The number of quaternary nitrogens is 1. The van der Waals surface area contributed by atoms with Crippen LogP contribution in [0.1, 0.15) is 57.4 Å². The van der Waals surface area contributed by atoms with E-state index in [0.29, 0.717) is 18.3 Å². The fraction of sp³-hybridized carbons (Fsp3) is 0.667. The summed E-state index contributed by atoms with van der Waals surface area (Å²) in [5, 5.41) is 6.76. The molecule has 1 aromatic carbocycles. The van der Waals surface area contributed by atoms with Gasteiger partial charge >= 0.3 is 5.97 Å². The van der Waals surface area contributed by atoms with Gasteiger partial charge in [0, 0.05) is 30.9 Å². The van der Waals surface area contributed by atoms with Crippen molar-refractivity contribution in [2.45, 2.75) is 82.9 Å². The van der Waals surface area contributed by atoms with Crippen molar-refractivity contribution in [2.24, 2.45) is 11.8 Å². The molecular weight excluding hydrogens is 522 g/mol. The van der Waals surface area contributed by atoms with Gasteiger partial charge in [-0.1, -0.05) is 19.3 Å². The van der Waals surface area contributed by atoms with Gasteiger partial charge in [-0.25, -0.2) is 22.4 Å². The number of hydrogen-bond donors (Lipinski definition) is 3. The lowest BCUT2D eigenvalue weighted by Crippen LogP contribution is -2.89. The molecule has 2 aliphatic rings.